The van der Waals surface area contributed by atoms with Gasteiger partial charge in [-0.25, -0.2) is 0 Å². The molecular formula is C21H24O4. The lowest BCUT2D eigenvalue weighted by Gasteiger charge is -2.16. The molecule has 1 N–H and O–H groups in total. The molecule has 0 aliphatic rings. The maximum Gasteiger partial charge on any atom is 0.302 e. The fourth-order valence-electron chi connectivity index (χ4n) is 2.71. The number of Topliss-reactive ketones (excluding diaryl/α,β-unsaturated/α-hetero) is 1. The van der Waals surface area contributed by atoms with Crippen LogP contribution in [0.3, 0.4) is 0 Å². The maximum absolute atomic E-state index is 12.2. The molecule has 132 valence electrons. The maximum atomic E-state index is 12.2. The number of aromatic hydroxyl groups is 1. The highest BCUT2D eigenvalue weighted by molar-refractivity contribution is 5.79. The van der Waals surface area contributed by atoms with E-state index in [1.165, 1.54) is 6.92 Å². The zero-order valence-corrected chi connectivity index (χ0v) is 14.5. The van der Waals surface area contributed by atoms with Crippen molar-refractivity contribution in [3.05, 3.63) is 65.7 Å². The smallest absolute Gasteiger partial charge is 0.302 e. The summed E-state index contributed by atoms with van der Waals surface area (Å²) in [6.45, 7) is 1.36. The minimum atomic E-state index is -0.408. The fraction of sp³-hybridized carbons (Fsp3) is 0.333. The third-order valence-electron chi connectivity index (χ3n) is 4.01. The van der Waals surface area contributed by atoms with Crippen molar-refractivity contribution >= 4 is 11.8 Å². The standard InChI is InChI=1S/C21H24O4/c1-16(22)25-21(14-10-18-7-11-19(23)12-8-18)15-20(24)13-9-17-5-3-2-4-6-17/h2-8,11-12,21,23H,9-10,13-15H2,1H3. The lowest BCUT2D eigenvalue weighted by atomic mass is 10.00. The number of hydrogen-bond acceptors (Lipinski definition) is 4. The molecule has 0 aromatic heterocycles. The third kappa shape index (κ3) is 7.21. The van der Waals surface area contributed by atoms with Crippen LogP contribution in [0.1, 0.15) is 37.3 Å². The van der Waals surface area contributed by atoms with Gasteiger partial charge in [0.2, 0.25) is 0 Å². The van der Waals surface area contributed by atoms with Gasteiger partial charge in [-0.15, -0.1) is 0 Å². The van der Waals surface area contributed by atoms with E-state index in [0.29, 0.717) is 25.7 Å². The SMILES string of the molecule is CC(=O)OC(CCc1ccc(O)cc1)CC(=O)CCc1ccccc1. The molecule has 0 amide bonds. The Balaban J connectivity index is 1.84. The van der Waals surface area contributed by atoms with E-state index in [-0.39, 0.29) is 23.9 Å². The summed E-state index contributed by atoms with van der Waals surface area (Å²) < 4.78 is 5.31. The van der Waals surface area contributed by atoms with E-state index in [0.717, 1.165) is 11.1 Å². The molecule has 0 spiro atoms. The van der Waals surface area contributed by atoms with Crippen molar-refractivity contribution < 1.29 is 19.4 Å². The molecule has 0 heterocycles. The molecule has 0 bridgehead atoms. The van der Waals surface area contributed by atoms with E-state index in [9.17, 15) is 14.7 Å². The van der Waals surface area contributed by atoms with Crippen molar-refractivity contribution in [3.8, 4) is 5.75 Å². The van der Waals surface area contributed by atoms with E-state index in [1.54, 1.807) is 12.1 Å². The number of carbonyl (C=O) groups is 2. The largest absolute Gasteiger partial charge is 0.508 e. The second-order valence-corrected chi connectivity index (χ2v) is 6.16. The van der Waals surface area contributed by atoms with E-state index < -0.39 is 6.10 Å². The topological polar surface area (TPSA) is 63.6 Å². The lowest BCUT2D eigenvalue weighted by Crippen LogP contribution is -2.21. The summed E-state index contributed by atoms with van der Waals surface area (Å²) in [5.74, 6) is -0.0521. The van der Waals surface area contributed by atoms with Crippen LogP contribution in [0.15, 0.2) is 54.6 Å². The van der Waals surface area contributed by atoms with Crippen LogP contribution < -0.4 is 0 Å². The summed E-state index contributed by atoms with van der Waals surface area (Å²) in [6.07, 6.45) is 2.25. The number of rotatable bonds is 9. The molecule has 0 aliphatic carbocycles. The van der Waals surface area contributed by atoms with Gasteiger partial charge in [-0.05, 0) is 42.5 Å². The quantitative estimate of drug-likeness (QED) is 0.704. The number of hydrogen-bond donors (Lipinski definition) is 1. The average molecular weight is 340 g/mol. The lowest BCUT2D eigenvalue weighted by molar-refractivity contribution is -0.147. The summed E-state index contributed by atoms with van der Waals surface area (Å²) in [7, 11) is 0. The molecule has 0 saturated heterocycles. The van der Waals surface area contributed by atoms with Crippen LogP contribution in [-0.4, -0.2) is 23.0 Å². The first-order valence-electron chi connectivity index (χ1n) is 8.53. The van der Waals surface area contributed by atoms with Gasteiger partial charge < -0.3 is 9.84 Å². The summed E-state index contributed by atoms with van der Waals surface area (Å²) in [5, 5.41) is 9.31. The van der Waals surface area contributed by atoms with E-state index in [1.807, 2.05) is 42.5 Å². The van der Waals surface area contributed by atoms with Gasteiger partial charge in [-0.3, -0.25) is 9.59 Å². The van der Waals surface area contributed by atoms with Gasteiger partial charge in [-0.2, -0.15) is 0 Å². The van der Waals surface area contributed by atoms with E-state index >= 15 is 0 Å². The molecule has 0 radical (unpaired) electrons. The van der Waals surface area contributed by atoms with Crippen molar-refractivity contribution in [1.82, 2.24) is 0 Å². The number of ether oxygens (including phenoxy) is 1. The van der Waals surface area contributed by atoms with Crippen LogP contribution in [0, 0.1) is 0 Å². The number of phenolic OH excluding ortho intramolecular Hbond substituents is 1. The Kier molecular flexibility index (Phi) is 7.20. The molecular weight excluding hydrogens is 316 g/mol. The zero-order valence-electron chi connectivity index (χ0n) is 14.5. The number of ketones is 1. The molecule has 0 fully saturated rings. The average Bonchev–Trinajstić information content (AvgIpc) is 2.60. The van der Waals surface area contributed by atoms with Crippen molar-refractivity contribution in [2.24, 2.45) is 0 Å². The van der Waals surface area contributed by atoms with Gasteiger partial charge in [0, 0.05) is 19.8 Å². The third-order valence-corrected chi connectivity index (χ3v) is 4.01. The number of phenols is 1. The number of aryl methyl sites for hydroxylation is 2. The second-order valence-electron chi connectivity index (χ2n) is 6.16. The van der Waals surface area contributed by atoms with Crippen LogP contribution in [0.2, 0.25) is 0 Å². The monoisotopic (exact) mass is 340 g/mol. The second kappa shape index (κ2) is 9.62. The molecule has 4 nitrogen and oxygen atoms in total. The van der Waals surface area contributed by atoms with E-state index in [2.05, 4.69) is 0 Å². The molecule has 25 heavy (non-hydrogen) atoms. The first-order valence-corrected chi connectivity index (χ1v) is 8.53. The number of benzene rings is 2. The van der Waals surface area contributed by atoms with Gasteiger partial charge in [-0.1, -0.05) is 42.5 Å². The Morgan fingerprint density at radius 1 is 0.960 bits per heavy atom. The summed E-state index contributed by atoms with van der Waals surface area (Å²) in [5.41, 5.74) is 2.16. The molecule has 4 heteroatoms. The Bertz CT molecular complexity index is 677. The number of esters is 1. The zero-order chi connectivity index (χ0) is 18.1. The molecule has 2 aromatic carbocycles. The highest BCUT2D eigenvalue weighted by Gasteiger charge is 2.17. The summed E-state index contributed by atoms with van der Waals surface area (Å²) >= 11 is 0. The van der Waals surface area contributed by atoms with Crippen molar-refractivity contribution in [3.63, 3.8) is 0 Å². The molecule has 0 aliphatic heterocycles. The van der Waals surface area contributed by atoms with Crippen molar-refractivity contribution in [2.45, 2.75) is 45.1 Å². The van der Waals surface area contributed by atoms with E-state index in [4.69, 9.17) is 4.74 Å². The highest BCUT2D eigenvalue weighted by Crippen LogP contribution is 2.16. The van der Waals surface area contributed by atoms with Crippen molar-refractivity contribution in [1.29, 1.82) is 0 Å². The summed E-state index contributed by atoms with van der Waals surface area (Å²) in [4.78, 5) is 23.5. The fourth-order valence-corrected chi connectivity index (χ4v) is 2.71. The van der Waals surface area contributed by atoms with Crippen LogP contribution in [0.5, 0.6) is 5.75 Å². The summed E-state index contributed by atoms with van der Waals surface area (Å²) in [6, 6.07) is 16.8. The van der Waals surface area contributed by atoms with Gasteiger partial charge in [0.25, 0.3) is 0 Å². The van der Waals surface area contributed by atoms with Gasteiger partial charge >= 0.3 is 5.97 Å². The molecule has 1 unspecified atom stereocenters. The molecule has 1 atom stereocenters. The molecule has 2 aromatic rings. The molecule has 0 saturated carbocycles. The first-order chi connectivity index (χ1) is 12.0. The Morgan fingerprint density at radius 3 is 2.24 bits per heavy atom. The van der Waals surface area contributed by atoms with Crippen molar-refractivity contribution in [2.75, 3.05) is 0 Å². The van der Waals surface area contributed by atoms with Gasteiger partial charge in [0.1, 0.15) is 17.6 Å². The normalized spacial score (nSPS) is 11.7. The predicted octanol–water partition coefficient (Wildman–Crippen LogP) is 3.85. The van der Waals surface area contributed by atoms with Gasteiger partial charge in [0.05, 0.1) is 0 Å². The first kappa shape index (κ1) is 18.7. The Hall–Kier alpha value is -2.62. The van der Waals surface area contributed by atoms with Crippen LogP contribution in [-0.2, 0) is 27.2 Å². The van der Waals surface area contributed by atoms with Crippen LogP contribution in [0.4, 0.5) is 0 Å². The highest BCUT2D eigenvalue weighted by atomic mass is 16.5. The minimum absolute atomic E-state index is 0.0980. The van der Waals surface area contributed by atoms with Crippen LogP contribution in [0.25, 0.3) is 0 Å². The predicted molar refractivity (Wildman–Crippen MR) is 96.4 cm³/mol. The van der Waals surface area contributed by atoms with Gasteiger partial charge in [0.15, 0.2) is 0 Å². The Labute approximate surface area is 148 Å². The Morgan fingerprint density at radius 2 is 1.60 bits per heavy atom. The number of carbonyl (C=O) groups excluding carboxylic acids is 2. The molecule has 2 rings (SSSR count). The van der Waals surface area contributed by atoms with Crippen LogP contribution >= 0.6 is 0 Å². The minimum Gasteiger partial charge on any atom is -0.508 e.